The molecule has 0 saturated carbocycles. The van der Waals surface area contributed by atoms with Gasteiger partial charge in [-0.25, -0.2) is 15.0 Å². The molecule has 3 heterocycles. The summed E-state index contributed by atoms with van der Waals surface area (Å²) in [4.78, 5) is 13.0. The second kappa shape index (κ2) is 11.4. The molecule has 3 atom stereocenters. The SMILES string of the molecule is CCCOCCOCCNc1nc2c(N)ncnc2n1C1CC(OC)C(COC)O1. The molecule has 1 aliphatic rings. The topological polar surface area (TPSA) is 128 Å². The summed E-state index contributed by atoms with van der Waals surface area (Å²) in [7, 11) is 3.32. The minimum atomic E-state index is -0.319. The molecule has 0 aliphatic carbocycles. The molecule has 0 amide bonds. The van der Waals surface area contributed by atoms with Crippen molar-refractivity contribution in [2.45, 2.75) is 38.2 Å². The zero-order valence-corrected chi connectivity index (χ0v) is 17.9. The Morgan fingerprint density at radius 2 is 2.00 bits per heavy atom. The fourth-order valence-corrected chi connectivity index (χ4v) is 3.45. The van der Waals surface area contributed by atoms with Crippen LogP contribution in [0.1, 0.15) is 26.0 Å². The van der Waals surface area contributed by atoms with Gasteiger partial charge in [-0.05, 0) is 6.42 Å². The van der Waals surface area contributed by atoms with Gasteiger partial charge in [0, 0.05) is 33.8 Å². The zero-order chi connectivity index (χ0) is 21.3. The molecule has 0 spiro atoms. The van der Waals surface area contributed by atoms with Gasteiger partial charge in [0.1, 0.15) is 18.7 Å². The predicted octanol–water partition coefficient (Wildman–Crippen LogP) is 1.21. The minimum Gasteiger partial charge on any atom is -0.382 e. The quantitative estimate of drug-likeness (QED) is 0.453. The van der Waals surface area contributed by atoms with E-state index in [0.29, 0.717) is 62.3 Å². The summed E-state index contributed by atoms with van der Waals surface area (Å²) in [6.45, 7) is 5.49. The number of methoxy groups -OCH3 is 2. The van der Waals surface area contributed by atoms with Crippen molar-refractivity contribution in [3.63, 3.8) is 0 Å². The van der Waals surface area contributed by atoms with Gasteiger partial charge in [0.2, 0.25) is 5.95 Å². The number of nitrogen functional groups attached to an aromatic ring is 1. The van der Waals surface area contributed by atoms with Gasteiger partial charge >= 0.3 is 0 Å². The second-order valence-corrected chi connectivity index (χ2v) is 6.98. The van der Waals surface area contributed by atoms with Crippen molar-refractivity contribution in [3.8, 4) is 0 Å². The van der Waals surface area contributed by atoms with Gasteiger partial charge in [0.15, 0.2) is 17.0 Å². The lowest BCUT2D eigenvalue weighted by atomic mass is 10.2. The Bertz CT molecular complexity index is 788. The summed E-state index contributed by atoms with van der Waals surface area (Å²) >= 11 is 0. The van der Waals surface area contributed by atoms with Crippen molar-refractivity contribution in [2.24, 2.45) is 0 Å². The molecule has 1 saturated heterocycles. The summed E-state index contributed by atoms with van der Waals surface area (Å²) in [5.74, 6) is 0.918. The second-order valence-electron chi connectivity index (χ2n) is 6.98. The van der Waals surface area contributed by atoms with Crippen LogP contribution in [-0.2, 0) is 23.7 Å². The zero-order valence-electron chi connectivity index (χ0n) is 17.9. The lowest BCUT2D eigenvalue weighted by Crippen LogP contribution is -2.27. The number of fused-ring (bicyclic) bond motifs is 1. The molecule has 2 aromatic heterocycles. The number of hydrogen-bond acceptors (Lipinski definition) is 10. The monoisotopic (exact) mass is 424 g/mol. The van der Waals surface area contributed by atoms with Crippen LogP contribution in [0.15, 0.2) is 6.33 Å². The van der Waals surface area contributed by atoms with Gasteiger partial charge in [-0.15, -0.1) is 0 Å². The Hall–Kier alpha value is -2.05. The van der Waals surface area contributed by atoms with E-state index in [1.807, 2.05) is 4.57 Å². The third-order valence-electron chi connectivity index (χ3n) is 4.86. The number of nitrogens with two attached hydrogens (primary N) is 1. The average molecular weight is 425 g/mol. The Labute approximate surface area is 176 Å². The normalized spacial score (nSPS) is 21.5. The van der Waals surface area contributed by atoms with Crippen molar-refractivity contribution in [1.29, 1.82) is 0 Å². The third kappa shape index (κ3) is 5.35. The molecule has 0 aromatic carbocycles. The van der Waals surface area contributed by atoms with E-state index in [1.54, 1.807) is 14.2 Å². The van der Waals surface area contributed by atoms with Crippen LogP contribution in [0.3, 0.4) is 0 Å². The van der Waals surface area contributed by atoms with Crippen molar-refractivity contribution in [2.75, 3.05) is 64.8 Å². The lowest BCUT2D eigenvalue weighted by Gasteiger charge is -2.18. The van der Waals surface area contributed by atoms with E-state index in [9.17, 15) is 0 Å². The van der Waals surface area contributed by atoms with E-state index in [0.717, 1.165) is 13.0 Å². The van der Waals surface area contributed by atoms with E-state index in [1.165, 1.54) is 6.33 Å². The Balaban J connectivity index is 1.69. The Morgan fingerprint density at radius 3 is 2.73 bits per heavy atom. The highest BCUT2D eigenvalue weighted by atomic mass is 16.6. The van der Waals surface area contributed by atoms with Gasteiger partial charge in [-0.2, -0.15) is 0 Å². The molecular weight excluding hydrogens is 392 g/mol. The van der Waals surface area contributed by atoms with Crippen LogP contribution in [0, 0.1) is 0 Å². The van der Waals surface area contributed by atoms with Crippen LogP contribution >= 0.6 is 0 Å². The van der Waals surface area contributed by atoms with Crippen molar-refractivity contribution in [1.82, 2.24) is 19.5 Å². The van der Waals surface area contributed by atoms with E-state index >= 15 is 0 Å². The summed E-state index contributed by atoms with van der Waals surface area (Å²) in [6, 6.07) is 0. The largest absolute Gasteiger partial charge is 0.382 e. The average Bonchev–Trinajstić information content (AvgIpc) is 3.31. The molecule has 30 heavy (non-hydrogen) atoms. The van der Waals surface area contributed by atoms with Crippen LogP contribution in [0.5, 0.6) is 0 Å². The molecule has 168 valence electrons. The summed E-state index contributed by atoms with van der Waals surface area (Å²) in [6.07, 6.45) is 2.48. The summed E-state index contributed by atoms with van der Waals surface area (Å²) in [5.41, 5.74) is 7.16. The van der Waals surface area contributed by atoms with Crippen LogP contribution in [0.25, 0.3) is 11.2 Å². The van der Waals surface area contributed by atoms with Crippen LogP contribution in [0.4, 0.5) is 11.8 Å². The smallest absolute Gasteiger partial charge is 0.207 e. The molecule has 1 aliphatic heterocycles. The van der Waals surface area contributed by atoms with Gasteiger partial charge in [0.25, 0.3) is 0 Å². The highest BCUT2D eigenvalue weighted by Gasteiger charge is 2.38. The number of rotatable bonds is 13. The van der Waals surface area contributed by atoms with Crippen molar-refractivity contribution >= 4 is 22.9 Å². The van der Waals surface area contributed by atoms with Gasteiger partial charge in [0.05, 0.1) is 32.5 Å². The number of hydrogen-bond donors (Lipinski definition) is 2. The maximum absolute atomic E-state index is 6.20. The Kier molecular flexibility index (Phi) is 8.58. The summed E-state index contributed by atoms with van der Waals surface area (Å²) in [5, 5.41) is 3.30. The minimum absolute atomic E-state index is 0.0918. The number of ether oxygens (including phenoxy) is 5. The maximum atomic E-state index is 6.20. The van der Waals surface area contributed by atoms with Crippen molar-refractivity contribution in [3.05, 3.63) is 6.33 Å². The molecule has 3 unspecified atom stereocenters. The van der Waals surface area contributed by atoms with E-state index < -0.39 is 0 Å². The first-order valence-corrected chi connectivity index (χ1v) is 10.2. The fraction of sp³-hybridized carbons (Fsp3) is 0.737. The number of nitrogens with zero attached hydrogens (tertiary/aromatic N) is 4. The van der Waals surface area contributed by atoms with Gasteiger partial charge < -0.3 is 34.7 Å². The summed E-state index contributed by atoms with van der Waals surface area (Å²) < 4.78 is 30.0. The highest BCUT2D eigenvalue weighted by Crippen LogP contribution is 2.35. The number of anilines is 2. The first kappa shape index (κ1) is 22.6. The van der Waals surface area contributed by atoms with Crippen molar-refractivity contribution < 1.29 is 23.7 Å². The third-order valence-corrected chi connectivity index (χ3v) is 4.86. The van der Waals surface area contributed by atoms with E-state index in [4.69, 9.17) is 29.4 Å². The number of imidazole rings is 1. The first-order valence-electron chi connectivity index (χ1n) is 10.2. The lowest BCUT2D eigenvalue weighted by molar-refractivity contribution is -0.0592. The van der Waals surface area contributed by atoms with E-state index in [2.05, 4.69) is 27.2 Å². The molecule has 3 N–H and O–H groups in total. The molecule has 3 rings (SSSR count). The number of aromatic nitrogens is 4. The molecule has 11 heteroatoms. The standard InChI is InChI=1S/C19H32N6O5/c1-4-6-28-8-9-29-7-5-21-19-24-16-17(20)22-12-23-18(16)25(19)15-10-13(27-3)14(30-15)11-26-2/h12-15H,4-11H2,1-3H3,(H,21,24)(H2,20,22,23). The van der Waals surface area contributed by atoms with E-state index in [-0.39, 0.29) is 18.4 Å². The van der Waals surface area contributed by atoms with Crippen LogP contribution in [0.2, 0.25) is 0 Å². The van der Waals surface area contributed by atoms with Gasteiger partial charge in [-0.1, -0.05) is 6.92 Å². The van der Waals surface area contributed by atoms with Gasteiger partial charge in [-0.3, -0.25) is 4.57 Å². The number of nitrogens with one attached hydrogen (secondary N) is 1. The molecule has 2 aromatic rings. The molecule has 0 bridgehead atoms. The Morgan fingerprint density at radius 1 is 1.20 bits per heavy atom. The predicted molar refractivity (Wildman–Crippen MR) is 111 cm³/mol. The fourth-order valence-electron chi connectivity index (χ4n) is 3.45. The molecular formula is C19H32N6O5. The maximum Gasteiger partial charge on any atom is 0.207 e. The molecule has 1 fully saturated rings. The molecule has 0 radical (unpaired) electrons. The van der Waals surface area contributed by atoms with Crippen LogP contribution < -0.4 is 11.1 Å². The first-order chi connectivity index (χ1) is 14.7. The van der Waals surface area contributed by atoms with Crippen LogP contribution in [-0.4, -0.2) is 85.5 Å². The molecule has 11 nitrogen and oxygen atoms in total. The highest BCUT2D eigenvalue weighted by molar-refractivity contribution is 5.84.